The standard InChI is InChI=1S/C15H27NO/c1-3-16-14(15(2)11-8-12-17-15)13-9-6-4-5-7-10-13/h9,14,16H,3-8,10-12H2,1-2H3. The predicted octanol–water partition coefficient (Wildman–Crippen LogP) is 3.42. The van der Waals surface area contributed by atoms with Crippen molar-refractivity contribution in [1.29, 1.82) is 0 Å². The highest BCUT2D eigenvalue weighted by Gasteiger charge is 2.39. The van der Waals surface area contributed by atoms with Crippen LogP contribution in [0.15, 0.2) is 11.6 Å². The van der Waals surface area contributed by atoms with Crippen molar-refractivity contribution in [3.63, 3.8) is 0 Å². The van der Waals surface area contributed by atoms with Crippen molar-refractivity contribution >= 4 is 0 Å². The fourth-order valence-corrected chi connectivity index (χ4v) is 3.27. The van der Waals surface area contributed by atoms with E-state index in [1.165, 1.54) is 44.9 Å². The molecule has 17 heavy (non-hydrogen) atoms. The van der Waals surface area contributed by atoms with Crippen molar-refractivity contribution in [2.45, 2.75) is 70.4 Å². The van der Waals surface area contributed by atoms with Crippen LogP contribution in [0.2, 0.25) is 0 Å². The Morgan fingerprint density at radius 3 is 2.94 bits per heavy atom. The van der Waals surface area contributed by atoms with Crippen LogP contribution in [-0.4, -0.2) is 24.8 Å². The maximum Gasteiger partial charge on any atom is 0.0845 e. The van der Waals surface area contributed by atoms with Gasteiger partial charge in [0.15, 0.2) is 0 Å². The summed E-state index contributed by atoms with van der Waals surface area (Å²) in [5.41, 5.74) is 1.64. The predicted molar refractivity (Wildman–Crippen MR) is 72.2 cm³/mol. The van der Waals surface area contributed by atoms with Crippen LogP contribution < -0.4 is 5.32 Å². The molecule has 0 bridgehead atoms. The van der Waals surface area contributed by atoms with Gasteiger partial charge in [-0.1, -0.05) is 25.0 Å². The molecular formula is C15H27NO. The molecule has 0 saturated carbocycles. The Kier molecular flexibility index (Phi) is 4.63. The van der Waals surface area contributed by atoms with Gasteiger partial charge >= 0.3 is 0 Å². The molecular weight excluding hydrogens is 210 g/mol. The van der Waals surface area contributed by atoms with E-state index in [0.717, 1.165) is 13.2 Å². The SMILES string of the molecule is CCNC(C1=CCCCCC1)C1(C)CCCO1. The fraction of sp³-hybridized carbons (Fsp3) is 0.867. The molecule has 1 saturated heterocycles. The molecule has 2 aliphatic rings. The van der Waals surface area contributed by atoms with E-state index in [1.54, 1.807) is 5.57 Å². The summed E-state index contributed by atoms with van der Waals surface area (Å²) in [5, 5.41) is 3.67. The van der Waals surface area contributed by atoms with E-state index in [9.17, 15) is 0 Å². The molecule has 0 aromatic heterocycles. The molecule has 2 atom stereocenters. The van der Waals surface area contributed by atoms with Crippen LogP contribution in [0, 0.1) is 0 Å². The lowest BCUT2D eigenvalue weighted by Gasteiger charge is -2.36. The van der Waals surface area contributed by atoms with Gasteiger partial charge in [0.1, 0.15) is 0 Å². The van der Waals surface area contributed by atoms with Gasteiger partial charge in [0.25, 0.3) is 0 Å². The largest absolute Gasteiger partial charge is 0.373 e. The van der Waals surface area contributed by atoms with Crippen molar-refractivity contribution in [2.75, 3.05) is 13.2 Å². The van der Waals surface area contributed by atoms with E-state index in [-0.39, 0.29) is 5.60 Å². The second-order valence-electron chi connectivity index (χ2n) is 5.63. The lowest BCUT2D eigenvalue weighted by molar-refractivity contribution is -0.00212. The maximum absolute atomic E-state index is 6.05. The molecule has 2 heteroatoms. The van der Waals surface area contributed by atoms with E-state index in [0.29, 0.717) is 6.04 Å². The summed E-state index contributed by atoms with van der Waals surface area (Å²) in [6.07, 6.45) is 11.5. The van der Waals surface area contributed by atoms with Crippen molar-refractivity contribution in [3.8, 4) is 0 Å². The second kappa shape index (κ2) is 6.01. The third kappa shape index (κ3) is 3.11. The molecule has 98 valence electrons. The number of ether oxygens (including phenoxy) is 1. The van der Waals surface area contributed by atoms with E-state index in [4.69, 9.17) is 4.74 Å². The number of hydrogen-bond acceptors (Lipinski definition) is 2. The molecule has 0 radical (unpaired) electrons. The first-order valence-electron chi connectivity index (χ1n) is 7.32. The summed E-state index contributed by atoms with van der Waals surface area (Å²) in [6.45, 7) is 6.45. The van der Waals surface area contributed by atoms with Gasteiger partial charge in [-0.3, -0.25) is 0 Å². The summed E-state index contributed by atoms with van der Waals surface area (Å²) in [6, 6.07) is 0.438. The topological polar surface area (TPSA) is 21.3 Å². The Labute approximate surface area is 106 Å². The summed E-state index contributed by atoms with van der Waals surface area (Å²) in [5.74, 6) is 0. The minimum absolute atomic E-state index is 0.0339. The zero-order valence-corrected chi connectivity index (χ0v) is 11.4. The first-order chi connectivity index (χ1) is 8.26. The molecule has 0 aromatic carbocycles. The van der Waals surface area contributed by atoms with Gasteiger partial charge in [0.05, 0.1) is 11.6 Å². The minimum Gasteiger partial charge on any atom is -0.373 e. The van der Waals surface area contributed by atoms with E-state index in [2.05, 4.69) is 25.2 Å². The summed E-state index contributed by atoms with van der Waals surface area (Å²) in [4.78, 5) is 0. The van der Waals surface area contributed by atoms with E-state index < -0.39 is 0 Å². The van der Waals surface area contributed by atoms with Gasteiger partial charge in [-0.2, -0.15) is 0 Å². The van der Waals surface area contributed by atoms with Crippen LogP contribution in [0.1, 0.15) is 58.8 Å². The van der Waals surface area contributed by atoms with Crippen molar-refractivity contribution < 1.29 is 4.74 Å². The Balaban J connectivity index is 2.12. The number of hydrogen-bond donors (Lipinski definition) is 1. The number of rotatable bonds is 4. The normalized spacial score (nSPS) is 32.0. The van der Waals surface area contributed by atoms with Crippen LogP contribution in [0.4, 0.5) is 0 Å². The third-order valence-corrected chi connectivity index (χ3v) is 4.22. The summed E-state index contributed by atoms with van der Waals surface area (Å²) < 4.78 is 6.05. The van der Waals surface area contributed by atoms with Gasteiger partial charge in [-0.25, -0.2) is 0 Å². The van der Waals surface area contributed by atoms with Gasteiger partial charge in [-0.05, 0) is 52.0 Å². The van der Waals surface area contributed by atoms with Crippen molar-refractivity contribution in [2.24, 2.45) is 0 Å². The van der Waals surface area contributed by atoms with Gasteiger partial charge in [0.2, 0.25) is 0 Å². The second-order valence-corrected chi connectivity index (χ2v) is 5.63. The average Bonchev–Trinajstić information content (AvgIpc) is 2.62. The molecule has 2 rings (SSSR count). The maximum atomic E-state index is 6.05. The van der Waals surface area contributed by atoms with Crippen LogP contribution in [0.25, 0.3) is 0 Å². The smallest absolute Gasteiger partial charge is 0.0845 e. The quantitative estimate of drug-likeness (QED) is 0.756. The molecule has 1 aliphatic carbocycles. The van der Waals surface area contributed by atoms with Crippen LogP contribution in [0.5, 0.6) is 0 Å². The summed E-state index contributed by atoms with van der Waals surface area (Å²) >= 11 is 0. The average molecular weight is 237 g/mol. The molecule has 0 aromatic rings. The molecule has 1 N–H and O–H groups in total. The number of nitrogens with one attached hydrogen (secondary N) is 1. The van der Waals surface area contributed by atoms with Crippen LogP contribution in [0.3, 0.4) is 0 Å². The zero-order chi connectivity index (χ0) is 12.1. The minimum atomic E-state index is 0.0339. The highest BCUT2D eigenvalue weighted by atomic mass is 16.5. The fourth-order valence-electron chi connectivity index (χ4n) is 3.27. The van der Waals surface area contributed by atoms with Gasteiger partial charge < -0.3 is 10.1 Å². The molecule has 2 unspecified atom stereocenters. The molecule has 2 nitrogen and oxygen atoms in total. The first kappa shape index (κ1) is 13.1. The highest BCUT2D eigenvalue weighted by molar-refractivity contribution is 5.18. The zero-order valence-electron chi connectivity index (χ0n) is 11.4. The molecule has 0 spiro atoms. The Hall–Kier alpha value is -0.340. The number of allylic oxidation sites excluding steroid dienone is 1. The van der Waals surface area contributed by atoms with Gasteiger partial charge in [0, 0.05) is 6.61 Å². The Bertz CT molecular complexity index is 266. The number of likely N-dealkylation sites (N-methyl/N-ethyl adjacent to an activating group) is 1. The highest BCUT2D eigenvalue weighted by Crippen LogP contribution is 2.34. The first-order valence-corrected chi connectivity index (χ1v) is 7.32. The summed E-state index contributed by atoms with van der Waals surface area (Å²) in [7, 11) is 0. The van der Waals surface area contributed by atoms with Crippen LogP contribution in [-0.2, 0) is 4.74 Å². The lowest BCUT2D eigenvalue weighted by atomic mass is 9.85. The van der Waals surface area contributed by atoms with E-state index in [1.807, 2.05) is 0 Å². The van der Waals surface area contributed by atoms with Crippen molar-refractivity contribution in [3.05, 3.63) is 11.6 Å². The van der Waals surface area contributed by atoms with Crippen LogP contribution >= 0.6 is 0 Å². The molecule has 1 aliphatic heterocycles. The van der Waals surface area contributed by atoms with E-state index >= 15 is 0 Å². The van der Waals surface area contributed by atoms with Gasteiger partial charge in [-0.15, -0.1) is 0 Å². The third-order valence-electron chi connectivity index (χ3n) is 4.22. The molecule has 1 heterocycles. The monoisotopic (exact) mass is 237 g/mol. The molecule has 1 fully saturated rings. The Morgan fingerprint density at radius 2 is 2.24 bits per heavy atom. The lowest BCUT2D eigenvalue weighted by Crippen LogP contribution is -2.49. The Morgan fingerprint density at radius 1 is 1.35 bits per heavy atom. The molecule has 0 amide bonds. The van der Waals surface area contributed by atoms with Crippen molar-refractivity contribution in [1.82, 2.24) is 5.32 Å².